The maximum Gasteiger partial charge on any atom is 0.163 e. The van der Waals surface area contributed by atoms with Crippen molar-refractivity contribution in [1.29, 1.82) is 0 Å². The Labute approximate surface area is 79.5 Å². The van der Waals surface area contributed by atoms with Gasteiger partial charge in [-0.2, -0.15) is 0 Å². The molecule has 0 aromatic heterocycles. The number of ketones is 1. The molecule has 0 amide bonds. The van der Waals surface area contributed by atoms with Gasteiger partial charge in [0.15, 0.2) is 5.78 Å². The standard InChI is InChI=1S/C12H12O/c1-9-7-8-11(13)12(9)10-5-3-2-4-6-10/h2-6H,7-8H2,1H3/i8D. The summed E-state index contributed by atoms with van der Waals surface area (Å²) < 4.78 is 7.56. The Bertz CT molecular complexity index is 392. The monoisotopic (exact) mass is 173 g/mol. The van der Waals surface area contributed by atoms with E-state index in [0.717, 1.165) is 16.7 Å². The fourth-order valence-corrected chi connectivity index (χ4v) is 1.65. The zero-order chi connectivity index (χ0) is 10.1. The van der Waals surface area contributed by atoms with Crippen LogP contribution >= 0.6 is 0 Å². The normalized spacial score (nSPS) is 23.6. The highest BCUT2D eigenvalue weighted by atomic mass is 16.1. The van der Waals surface area contributed by atoms with Gasteiger partial charge in [-0.05, 0) is 18.9 Å². The number of hydrogen-bond acceptors (Lipinski definition) is 1. The van der Waals surface area contributed by atoms with Gasteiger partial charge >= 0.3 is 0 Å². The van der Waals surface area contributed by atoms with Crippen LogP contribution < -0.4 is 0 Å². The topological polar surface area (TPSA) is 17.1 Å². The molecular formula is C12H12O. The Morgan fingerprint density at radius 2 is 2.00 bits per heavy atom. The number of Topliss-reactive ketones (excluding diaryl/α,β-unsaturated/α-hetero) is 1. The van der Waals surface area contributed by atoms with Crippen LogP contribution in [0.3, 0.4) is 0 Å². The molecular weight excluding hydrogens is 160 g/mol. The summed E-state index contributed by atoms with van der Waals surface area (Å²) in [5, 5.41) is 0. The summed E-state index contributed by atoms with van der Waals surface area (Å²) in [7, 11) is 0. The number of carbonyl (C=O) groups is 1. The third kappa shape index (κ3) is 1.42. The summed E-state index contributed by atoms with van der Waals surface area (Å²) in [6.07, 6.45) is 0.00786. The molecule has 1 aromatic rings. The first kappa shape index (κ1) is 7.07. The zero-order valence-electron chi connectivity index (χ0n) is 8.58. The van der Waals surface area contributed by atoms with Crippen LogP contribution in [0.5, 0.6) is 0 Å². The van der Waals surface area contributed by atoms with Crippen molar-refractivity contribution >= 4 is 11.4 Å². The van der Waals surface area contributed by atoms with Gasteiger partial charge < -0.3 is 0 Å². The summed E-state index contributed by atoms with van der Waals surface area (Å²) >= 11 is 0. The van der Waals surface area contributed by atoms with Crippen molar-refractivity contribution in [2.24, 2.45) is 0 Å². The lowest BCUT2D eigenvalue weighted by Crippen LogP contribution is -1.94. The number of allylic oxidation sites excluding steroid dienone is 2. The van der Waals surface area contributed by atoms with Crippen molar-refractivity contribution in [1.82, 2.24) is 0 Å². The smallest absolute Gasteiger partial charge is 0.163 e. The molecule has 1 aliphatic rings. The van der Waals surface area contributed by atoms with Gasteiger partial charge in [0.25, 0.3) is 0 Å². The van der Waals surface area contributed by atoms with Crippen LogP contribution in [0, 0.1) is 0 Å². The van der Waals surface area contributed by atoms with Crippen LogP contribution in [-0.4, -0.2) is 5.78 Å². The molecule has 0 aliphatic heterocycles. The first-order chi connectivity index (χ1) is 6.70. The quantitative estimate of drug-likeness (QED) is 0.638. The molecule has 1 aliphatic carbocycles. The SMILES string of the molecule is [2H]C1CC(C)=C(c2ccccc2)C1=O. The molecule has 1 heteroatoms. The maximum absolute atomic E-state index is 11.7. The minimum Gasteiger partial charge on any atom is -0.294 e. The third-order valence-corrected chi connectivity index (χ3v) is 2.33. The molecule has 1 aromatic carbocycles. The largest absolute Gasteiger partial charge is 0.294 e. The lowest BCUT2D eigenvalue weighted by atomic mass is 10.0. The van der Waals surface area contributed by atoms with Crippen molar-refractivity contribution in [3.63, 3.8) is 0 Å². The maximum atomic E-state index is 11.7. The van der Waals surface area contributed by atoms with Crippen LogP contribution in [0.25, 0.3) is 5.57 Å². The molecule has 0 saturated heterocycles. The van der Waals surface area contributed by atoms with Crippen LogP contribution in [0.2, 0.25) is 0 Å². The summed E-state index contributed by atoms with van der Waals surface area (Å²) in [4.78, 5) is 11.7. The van der Waals surface area contributed by atoms with Crippen LogP contribution in [0.15, 0.2) is 35.9 Å². The van der Waals surface area contributed by atoms with E-state index in [9.17, 15) is 4.79 Å². The lowest BCUT2D eigenvalue weighted by molar-refractivity contribution is -0.113. The van der Waals surface area contributed by atoms with Gasteiger partial charge in [0.05, 0.1) is 0 Å². The molecule has 0 radical (unpaired) electrons. The Morgan fingerprint density at radius 1 is 1.31 bits per heavy atom. The number of rotatable bonds is 1. The average Bonchev–Trinajstić information content (AvgIpc) is 2.43. The van der Waals surface area contributed by atoms with Crippen molar-refractivity contribution < 1.29 is 6.17 Å². The van der Waals surface area contributed by atoms with E-state index >= 15 is 0 Å². The number of benzene rings is 1. The molecule has 1 nitrogen and oxygen atoms in total. The molecule has 66 valence electrons. The minimum atomic E-state index is -0.579. The first-order valence-corrected chi connectivity index (χ1v) is 4.42. The van der Waals surface area contributed by atoms with Crippen molar-refractivity contribution in [2.45, 2.75) is 19.7 Å². The molecule has 2 rings (SSSR count). The molecule has 0 saturated carbocycles. The van der Waals surface area contributed by atoms with Crippen LogP contribution in [0.1, 0.15) is 26.7 Å². The van der Waals surface area contributed by atoms with Gasteiger partial charge in [-0.15, -0.1) is 0 Å². The summed E-state index contributed by atoms with van der Waals surface area (Å²) in [5.41, 5.74) is 2.75. The summed E-state index contributed by atoms with van der Waals surface area (Å²) in [5.74, 6) is -0.0336. The number of hydrogen-bond donors (Lipinski definition) is 0. The lowest BCUT2D eigenvalue weighted by Gasteiger charge is -2.01. The zero-order valence-corrected chi connectivity index (χ0v) is 7.58. The number of carbonyl (C=O) groups excluding carboxylic acids is 1. The Hall–Kier alpha value is -1.37. The Kier molecular flexibility index (Phi) is 1.73. The van der Waals surface area contributed by atoms with E-state index in [1.54, 1.807) is 0 Å². The van der Waals surface area contributed by atoms with Gasteiger partial charge in [0.1, 0.15) is 0 Å². The molecule has 0 N–H and O–H groups in total. The fourth-order valence-electron chi connectivity index (χ4n) is 1.65. The molecule has 13 heavy (non-hydrogen) atoms. The molecule has 0 fully saturated rings. The Morgan fingerprint density at radius 3 is 2.54 bits per heavy atom. The first-order valence-electron chi connectivity index (χ1n) is 4.99. The molecule has 1 atom stereocenters. The minimum absolute atomic E-state index is 0.0336. The highest BCUT2D eigenvalue weighted by molar-refractivity contribution is 6.23. The fraction of sp³-hybridized carbons (Fsp3) is 0.250. The predicted octanol–water partition coefficient (Wildman–Crippen LogP) is 2.82. The van der Waals surface area contributed by atoms with Gasteiger partial charge in [-0.3, -0.25) is 4.79 Å². The summed E-state index contributed by atoms with van der Waals surface area (Å²) in [6.45, 7) is 1.94. The van der Waals surface area contributed by atoms with E-state index in [2.05, 4.69) is 0 Å². The van der Waals surface area contributed by atoms with E-state index in [-0.39, 0.29) is 5.78 Å². The van der Waals surface area contributed by atoms with Crippen LogP contribution in [-0.2, 0) is 4.79 Å². The van der Waals surface area contributed by atoms with Gasteiger partial charge in [-0.1, -0.05) is 35.9 Å². The average molecular weight is 173 g/mol. The second kappa shape index (κ2) is 3.17. The molecule has 1 unspecified atom stereocenters. The molecule has 0 spiro atoms. The second-order valence-electron chi connectivity index (χ2n) is 3.29. The van der Waals surface area contributed by atoms with Gasteiger partial charge in [0, 0.05) is 13.3 Å². The van der Waals surface area contributed by atoms with E-state index in [4.69, 9.17) is 1.37 Å². The van der Waals surface area contributed by atoms with E-state index in [1.165, 1.54) is 0 Å². The van der Waals surface area contributed by atoms with E-state index in [1.807, 2.05) is 37.3 Å². The van der Waals surface area contributed by atoms with Crippen molar-refractivity contribution in [3.8, 4) is 0 Å². The van der Waals surface area contributed by atoms with Crippen molar-refractivity contribution in [2.75, 3.05) is 0 Å². The summed E-state index contributed by atoms with van der Waals surface area (Å²) in [6, 6.07) is 9.61. The molecule has 0 bridgehead atoms. The van der Waals surface area contributed by atoms with Gasteiger partial charge in [0.2, 0.25) is 0 Å². The van der Waals surface area contributed by atoms with Gasteiger partial charge in [-0.25, -0.2) is 0 Å². The van der Waals surface area contributed by atoms with E-state index in [0.29, 0.717) is 6.42 Å². The third-order valence-electron chi connectivity index (χ3n) is 2.33. The van der Waals surface area contributed by atoms with E-state index < -0.39 is 6.40 Å². The Balaban J connectivity index is 2.45. The highest BCUT2D eigenvalue weighted by Gasteiger charge is 2.20. The second-order valence-corrected chi connectivity index (χ2v) is 3.29. The predicted molar refractivity (Wildman–Crippen MR) is 53.3 cm³/mol. The highest BCUT2D eigenvalue weighted by Crippen LogP contribution is 2.30. The van der Waals surface area contributed by atoms with Crippen LogP contribution in [0.4, 0.5) is 0 Å². The van der Waals surface area contributed by atoms with Crippen molar-refractivity contribution in [3.05, 3.63) is 41.5 Å². The molecule has 0 heterocycles.